The van der Waals surface area contributed by atoms with E-state index in [9.17, 15) is 13.6 Å². The number of carbonyl (C=O) groups excluding carboxylic acids is 1. The van der Waals surface area contributed by atoms with Crippen molar-refractivity contribution in [3.8, 4) is 11.5 Å². The predicted octanol–water partition coefficient (Wildman–Crippen LogP) is 3.07. The minimum atomic E-state index is -1.05. The van der Waals surface area contributed by atoms with Gasteiger partial charge in [-0.15, -0.1) is 0 Å². The van der Waals surface area contributed by atoms with Gasteiger partial charge in [0.1, 0.15) is 0 Å². The van der Waals surface area contributed by atoms with Gasteiger partial charge in [0.25, 0.3) is 5.91 Å². The lowest BCUT2D eigenvalue weighted by atomic mass is 10.1. The van der Waals surface area contributed by atoms with Crippen LogP contribution in [0.1, 0.15) is 12.5 Å². The van der Waals surface area contributed by atoms with Crippen molar-refractivity contribution in [2.45, 2.75) is 6.92 Å². The molecule has 1 amide bonds. The van der Waals surface area contributed by atoms with E-state index in [0.717, 1.165) is 17.7 Å². The quantitative estimate of drug-likeness (QED) is 0.666. The van der Waals surface area contributed by atoms with Crippen LogP contribution in [0.2, 0.25) is 0 Å². The van der Waals surface area contributed by atoms with Gasteiger partial charge in [0.2, 0.25) is 6.79 Å². The van der Waals surface area contributed by atoms with Gasteiger partial charge >= 0.3 is 0 Å². The molecule has 1 N–H and O–H groups in total. The third-order valence-electron chi connectivity index (χ3n) is 3.39. The lowest BCUT2D eigenvalue weighted by molar-refractivity contribution is -0.120. The van der Waals surface area contributed by atoms with Gasteiger partial charge in [-0.25, -0.2) is 8.78 Å². The van der Waals surface area contributed by atoms with E-state index >= 15 is 0 Å². The number of anilines is 1. The second kappa shape index (κ2) is 7.16. The summed E-state index contributed by atoms with van der Waals surface area (Å²) in [5, 5.41) is 6.24. The summed E-state index contributed by atoms with van der Waals surface area (Å²) < 4.78 is 36.4. The summed E-state index contributed by atoms with van der Waals surface area (Å²) in [7, 11) is 0. The molecule has 1 aliphatic heterocycles. The molecular weight excluding hydrogens is 334 g/mol. The number of amides is 1. The molecule has 1 aliphatic rings. The first-order valence-corrected chi connectivity index (χ1v) is 7.34. The maximum absolute atomic E-state index is 13.1. The highest BCUT2D eigenvalue weighted by atomic mass is 19.2. The first-order chi connectivity index (χ1) is 12.0. The Morgan fingerprint density at radius 1 is 1.16 bits per heavy atom. The van der Waals surface area contributed by atoms with Crippen LogP contribution in [0.15, 0.2) is 41.6 Å². The number of benzene rings is 2. The number of nitrogens with one attached hydrogen (secondary N) is 1. The van der Waals surface area contributed by atoms with Crippen LogP contribution in [0.5, 0.6) is 11.5 Å². The number of hydrogen-bond acceptors (Lipinski definition) is 5. The Hall–Kier alpha value is -3.16. The molecule has 6 nitrogen and oxygen atoms in total. The highest BCUT2D eigenvalue weighted by molar-refractivity contribution is 5.99. The fourth-order valence-corrected chi connectivity index (χ4v) is 2.13. The monoisotopic (exact) mass is 348 g/mol. The fraction of sp³-hybridized carbons (Fsp3) is 0.176. The van der Waals surface area contributed by atoms with Gasteiger partial charge in [0.15, 0.2) is 29.7 Å². The van der Waals surface area contributed by atoms with E-state index in [1.807, 2.05) is 0 Å². The van der Waals surface area contributed by atoms with Crippen molar-refractivity contribution in [3.05, 3.63) is 53.6 Å². The van der Waals surface area contributed by atoms with Gasteiger partial charge in [-0.05, 0) is 37.3 Å². The van der Waals surface area contributed by atoms with Crippen molar-refractivity contribution in [1.82, 2.24) is 0 Å². The molecular formula is C17H14F2N2O4. The van der Waals surface area contributed by atoms with Crippen molar-refractivity contribution >= 4 is 17.3 Å². The number of halogens is 2. The van der Waals surface area contributed by atoms with Crippen LogP contribution in [0, 0.1) is 11.6 Å². The van der Waals surface area contributed by atoms with Gasteiger partial charge in [-0.1, -0.05) is 5.16 Å². The average molecular weight is 348 g/mol. The van der Waals surface area contributed by atoms with E-state index in [0.29, 0.717) is 17.2 Å². The second-order valence-corrected chi connectivity index (χ2v) is 5.20. The van der Waals surface area contributed by atoms with Gasteiger partial charge in [-0.2, -0.15) is 0 Å². The zero-order chi connectivity index (χ0) is 17.8. The summed E-state index contributed by atoms with van der Waals surface area (Å²) in [5.74, 6) is -1.31. The van der Waals surface area contributed by atoms with Gasteiger partial charge in [0.05, 0.1) is 5.71 Å². The maximum Gasteiger partial charge on any atom is 0.265 e. The molecule has 1 heterocycles. The molecule has 0 saturated carbocycles. The maximum atomic E-state index is 13.1. The molecule has 2 aromatic carbocycles. The van der Waals surface area contributed by atoms with Gasteiger partial charge in [0, 0.05) is 17.3 Å². The second-order valence-electron chi connectivity index (χ2n) is 5.20. The molecule has 0 unspecified atom stereocenters. The van der Waals surface area contributed by atoms with Crippen LogP contribution >= 0.6 is 0 Å². The zero-order valence-corrected chi connectivity index (χ0v) is 13.2. The highest BCUT2D eigenvalue weighted by Gasteiger charge is 2.14. The first kappa shape index (κ1) is 16.7. The molecule has 25 heavy (non-hydrogen) atoms. The highest BCUT2D eigenvalue weighted by Crippen LogP contribution is 2.32. The molecule has 3 rings (SSSR count). The third kappa shape index (κ3) is 4.03. The van der Waals surface area contributed by atoms with Gasteiger partial charge < -0.3 is 19.6 Å². The Labute approximate surface area is 142 Å². The lowest BCUT2D eigenvalue weighted by Crippen LogP contribution is -2.17. The first-order valence-electron chi connectivity index (χ1n) is 7.34. The van der Waals surface area contributed by atoms with Crippen molar-refractivity contribution in [2.75, 3.05) is 18.7 Å². The molecule has 0 spiro atoms. The zero-order valence-electron chi connectivity index (χ0n) is 13.2. The predicted molar refractivity (Wildman–Crippen MR) is 85.7 cm³/mol. The molecule has 130 valence electrons. The van der Waals surface area contributed by atoms with Crippen LogP contribution in [0.25, 0.3) is 0 Å². The molecule has 2 aromatic rings. The molecule has 0 fully saturated rings. The number of fused-ring (bicyclic) bond motifs is 1. The van der Waals surface area contributed by atoms with Crippen LogP contribution in [-0.2, 0) is 9.63 Å². The third-order valence-corrected chi connectivity index (χ3v) is 3.39. The van der Waals surface area contributed by atoms with Crippen LogP contribution in [-0.4, -0.2) is 25.0 Å². The van der Waals surface area contributed by atoms with E-state index in [2.05, 4.69) is 10.5 Å². The molecule has 0 saturated heterocycles. The average Bonchev–Trinajstić information content (AvgIpc) is 3.05. The Morgan fingerprint density at radius 2 is 1.96 bits per heavy atom. The van der Waals surface area contributed by atoms with E-state index in [1.165, 1.54) is 6.07 Å². The number of oxime groups is 1. The van der Waals surface area contributed by atoms with E-state index < -0.39 is 17.5 Å². The van der Waals surface area contributed by atoms with Crippen molar-refractivity contribution in [2.24, 2.45) is 5.16 Å². The lowest BCUT2D eigenvalue weighted by Gasteiger charge is -2.06. The summed E-state index contributed by atoms with van der Waals surface area (Å²) in [6.07, 6.45) is 0. The molecule has 8 heteroatoms. The molecule has 0 aromatic heterocycles. The smallest absolute Gasteiger partial charge is 0.265 e. The Balaban J connectivity index is 1.54. The van der Waals surface area contributed by atoms with Crippen LogP contribution in [0.4, 0.5) is 14.5 Å². The largest absolute Gasteiger partial charge is 0.454 e. The molecule has 0 radical (unpaired) electrons. The SMILES string of the molecule is C/C(=N/OCC(=O)Nc1ccc(F)c(F)c1)c1ccc2c(c1)OCO2. The molecule has 0 bridgehead atoms. The number of hydrogen-bond donors (Lipinski definition) is 1. The molecule has 0 aliphatic carbocycles. The Morgan fingerprint density at radius 3 is 2.76 bits per heavy atom. The van der Waals surface area contributed by atoms with Crippen molar-refractivity contribution in [1.29, 1.82) is 0 Å². The van der Waals surface area contributed by atoms with E-state index in [4.69, 9.17) is 14.3 Å². The van der Waals surface area contributed by atoms with Crippen molar-refractivity contribution < 1.29 is 27.9 Å². The molecule has 0 atom stereocenters. The topological polar surface area (TPSA) is 69.2 Å². The number of nitrogens with zero attached hydrogens (tertiary/aromatic N) is 1. The number of ether oxygens (including phenoxy) is 2. The number of carbonyl (C=O) groups is 1. The summed E-state index contributed by atoms with van der Waals surface area (Å²) in [6.45, 7) is 1.52. The Bertz CT molecular complexity index is 839. The number of rotatable bonds is 5. The van der Waals surface area contributed by atoms with Crippen LogP contribution < -0.4 is 14.8 Å². The summed E-state index contributed by atoms with van der Waals surface area (Å²) in [4.78, 5) is 16.7. The van der Waals surface area contributed by atoms with Gasteiger partial charge in [-0.3, -0.25) is 4.79 Å². The summed E-state index contributed by atoms with van der Waals surface area (Å²) in [6, 6.07) is 8.36. The minimum absolute atomic E-state index is 0.129. The van der Waals surface area contributed by atoms with Crippen LogP contribution in [0.3, 0.4) is 0 Å². The van der Waals surface area contributed by atoms with E-state index in [-0.39, 0.29) is 19.1 Å². The summed E-state index contributed by atoms with van der Waals surface area (Å²) in [5.41, 5.74) is 1.42. The van der Waals surface area contributed by atoms with Crippen molar-refractivity contribution in [3.63, 3.8) is 0 Å². The Kier molecular flexibility index (Phi) is 4.78. The summed E-state index contributed by atoms with van der Waals surface area (Å²) >= 11 is 0. The normalized spacial score (nSPS) is 12.8. The minimum Gasteiger partial charge on any atom is -0.454 e. The van der Waals surface area contributed by atoms with E-state index in [1.54, 1.807) is 25.1 Å². The fourth-order valence-electron chi connectivity index (χ4n) is 2.13. The standard InChI is InChI=1S/C17H14F2N2O4/c1-10(11-2-5-15-16(6-11)24-9-23-15)21-25-8-17(22)20-12-3-4-13(18)14(19)7-12/h2-7H,8-9H2,1H3,(H,20,22)/b21-10-.